The molecule has 0 aliphatic carbocycles. The number of hydrogen-bond donors (Lipinski definition) is 1. The van der Waals surface area contributed by atoms with E-state index < -0.39 is 24.8 Å². The molecule has 0 spiro atoms. The largest absolute Gasteiger partial charge is 0.411 e. The lowest BCUT2D eigenvalue weighted by atomic mass is 10.2. The second-order valence-electron chi connectivity index (χ2n) is 5.63. The van der Waals surface area contributed by atoms with Crippen molar-refractivity contribution in [1.82, 2.24) is 4.98 Å². The van der Waals surface area contributed by atoms with Gasteiger partial charge in [0, 0.05) is 11.3 Å². The predicted molar refractivity (Wildman–Crippen MR) is 95.2 cm³/mol. The van der Waals surface area contributed by atoms with Crippen LogP contribution >= 0.6 is 11.3 Å². The zero-order chi connectivity index (χ0) is 18.7. The molecule has 0 saturated carbocycles. The number of aromatic nitrogens is 1. The molecule has 0 bridgehead atoms. The Labute approximate surface area is 151 Å². The van der Waals surface area contributed by atoms with Crippen molar-refractivity contribution in [2.45, 2.75) is 19.2 Å². The highest BCUT2D eigenvalue weighted by molar-refractivity contribution is 7.21. The quantitative estimate of drug-likeness (QED) is 0.687. The van der Waals surface area contributed by atoms with Crippen molar-refractivity contribution >= 4 is 33.1 Å². The summed E-state index contributed by atoms with van der Waals surface area (Å²) in [7, 11) is 0. The molecule has 136 valence electrons. The van der Waals surface area contributed by atoms with Gasteiger partial charge in [0.15, 0.2) is 0 Å². The minimum atomic E-state index is -4.47. The highest BCUT2D eigenvalue weighted by Crippen LogP contribution is 2.31. The van der Waals surface area contributed by atoms with Gasteiger partial charge in [-0.15, -0.1) is 11.3 Å². The summed E-state index contributed by atoms with van der Waals surface area (Å²) in [6.45, 7) is -0.189. The summed E-state index contributed by atoms with van der Waals surface area (Å²) in [6, 6.07) is 14.7. The molecule has 1 aromatic heterocycles. The molecule has 0 aliphatic heterocycles. The Bertz CT molecular complexity index is 891. The van der Waals surface area contributed by atoms with Crippen molar-refractivity contribution in [2.24, 2.45) is 0 Å². The molecular formula is C18H15F3N2O2S. The normalized spacial score (nSPS) is 12.9. The lowest BCUT2D eigenvalue weighted by Gasteiger charge is -2.15. The number of para-hydroxylation sites is 1. The Morgan fingerprint density at radius 2 is 2.00 bits per heavy atom. The molecule has 1 heterocycles. The average Bonchev–Trinajstić information content (AvgIpc) is 3.03. The molecule has 2 aromatic carbocycles. The minimum absolute atomic E-state index is 0.467. The van der Waals surface area contributed by atoms with Gasteiger partial charge in [0.05, 0.1) is 10.2 Å². The molecule has 0 saturated heterocycles. The Balaban J connectivity index is 1.72. The summed E-state index contributed by atoms with van der Waals surface area (Å²) in [4.78, 5) is 16.6. The lowest BCUT2D eigenvalue weighted by molar-refractivity contribution is -0.184. The number of anilines is 1. The Morgan fingerprint density at radius 3 is 2.73 bits per heavy atom. The molecule has 4 nitrogen and oxygen atoms in total. The summed E-state index contributed by atoms with van der Waals surface area (Å²) in [5.74, 6) is -0.643. The van der Waals surface area contributed by atoms with Crippen LogP contribution in [0.5, 0.6) is 0 Å². The van der Waals surface area contributed by atoms with Gasteiger partial charge in [-0.3, -0.25) is 4.79 Å². The van der Waals surface area contributed by atoms with Crippen LogP contribution in [0.25, 0.3) is 20.8 Å². The van der Waals surface area contributed by atoms with Gasteiger partial charge in [-0.1, -0.05) is 24.3 Å². The first-order chi connectivity index (χ1) is 12.3. The molecular weight excluding hydrogens is 365 g/mol. The van der Waals surface area contributed by atoms with Crippen molar-refractivity contribution in [3.63, 3.8) is 0 Å². The standard InChI is InChI=1S/C18H15F3N2O2S/c1-11(25-10-18(19,20)21)16(24)22-13-6-4-5-12(9-13)17-23-14-7-2-3-8-15(14)26-17/h2-9,11H,10H2,1H3,(H,22,24). The van der Waals surface area contributed by atoms with E-state index in [2.05, 4.69) is 15.0 Å². The zero-order valence-corrected chi connectivity index (χ0v) is 14.5. The van der Waals surface area contributed by atoms with E-state index in [0.29, 0.717) is 5.69 Å². The second kappa shape index (κ2) is 7.43. The van der Waals surface area contributed by atoms with Crippen LogP contribution in [-0.4, -0.2) is 29.8 Å². The molecule has 0 radical (unpaired) electrons. The van der Waals surface area contributed by atoms with Crippen LogP contribution in [-0.2, 0) is 9.53 Å². The maximum atomic E-state index is 12.2. The third kappa shape index (κ3) is 4.59. The van der Waals surface area contributed by atoms with E-state index in [0.717, 1.165) is 20.8 Å². The number of benzene rings is 2. The number of nitrogens with zero attached hydrogens (tertiary/aromatic N) is 1. The SMILES string of the molecule is CC(OCC(F)(F)F)C(=O)Nc1cccc(-c2nc3ccccc3s2)c1. The molecule has 0 fully saturated rings. The summed E-state index contributed by atoms with van der Waals surface area (Å²) in [6.07, 6.45) is -5.69. The summed E-state index contributed by atoms with van der Waals surface area (Å²) in [5.41, 5.74) is 2.16. The Hall–Kier alpha value is -2.45. The van der Waals surface area contributed by atoms with E-state index in [1.165, 1.54) is 18.3 Å². The number of halogens is 3. The number of alkyl halides is 3. The summed E-state index contributed by atoms with van der Waals surface area (Å²) < 4.78 is 42.1. The molecule has 1 amide bonds. The highest BCUT2D eigenvalue weighted by Gasteiger charge is 2.29. The minimum Gasteiger partial charge on any atom is -0.359 e. The summed E-state index contributed by atoms with van der Waals surface area (Å²) >= 11 is 1.52. The number of thiazole rings is 1. The van der Waals surface area contributed by atoms with Crippen LogP contribution in [0.4, 0.5) is 18.9 Å². The van der Waals surface area contributed by atoms with Crippen molar-refractivity contribution in [2.75, 3.05) is 11.9 Å². The monoisotopic (exact) mass is 380 g/mol. The molecule has 26 heavy (non-hydrogen) atoms. The van der Waals surface area contributed by atoms with Gasteiger partial charge in [-0.05, 0) is 31.2 Å². The van der Waals surface area contributed by atoms with Gasteiger partial charge < -0.3 is 10.1 Å². The first kappa shape index (κ1) is 18.3. The van der Waals surface area contributed by atoms with Gasteiger partial charge in [-0.2, -0.15) is 13.2 Å². The lowest BCUT2D eigenvalue weighted by Crippen LogP contribution is -2.31. The highest BCUT2D eigenvalue weighted by atomic mass is 32.1. The van der Waals surface area contributed by atoms with Crippen molar-refractivity contribution in [3.8, 4) is 10.6 Å². The van der Waals surface area contributed by atoms with Crippen LogP contribution in [0.15, 0.2) is 48.5 Å². The van der Waals surface area contributed by atoms with Gasteiger partial charge in [0.1, 0.15) is 17.7 Å². The van der Waals surface area contributed by atoms with E-state index in [9.17, 15) is 18.0 Å². The maximum absolute atomic E-state index is 12.2. The van der Waals surface area contributed by atoms with E-state index in [1.807, 2.05) is 30.3 Å². The van der Waals surface area contributed by atoms with Crippen LogP contribution in [0.3, 0.4) is 0 Å². The van der Waals surface area contributed by atoms with Gasteiger partial charge in [0.2, 0.25) is 0 Å². The third-order valence-electron chi connectivity index (χ3n) is 3.54. The zero-order valence-electron chi connectivity index (χ0n) is 13.7. The van der Waals surface area contributed by atoms with Crippen LogP contribution in [0.1, 0.15) is 6.92 Å². The van der Waals surface area contributed by atoms with Gasteiger partial charge in [-0.25, -0.2) is 4.98 Å². The van der Waals surface area contributed by atoms with Crippen molar-refractivity contribution < 1.29 is 22.7 Å². The van der Waals surface area contributed by atoms with Crippen molar-refractivity contribution in [3.05, 3.63) is 48.5 Å². The van der Waals surface area contributed by atoms with Crippen LogP contribution < -0.4 is 5.32 Å². The van der Waals surface area contributed by atoms with Gasteiger partial charge in [0.25, 0.3) is 5.91 Å². The topological polar surface area (TPSA) is 51.2 Å². The third-order valence-corrected chi connectivity index (χ3v) is 4.62. The number of nitrogens with one attached hydrogen (secondary N) is 1. The fourth-order valence-electron chi connectivity index (χ4n) is 2.26. The predicted octanol–water partition coefficient (Wildman–Crippen LogP) is 4.87. The second-order valence-corrected chi connectivity index (χ2v) is 6.66. The summed E-state index contributed by atoms with van der Waals surface area (Å²) in [5, 5.41) is 3.36. The number of carbonyl (C=O) groups is 1. The molecule has 1 atom stereocenters. The molecule has 1 N–H and O–H groups in total. The molecule has 3 rings (SSSR count). The van der Waals surface area contributed by atoms with E-state index in [4.69, 9.17) is 0 Å². The number of ether oxygens (including phenoxy) is 1. The van der Waals surface area contributed by atoms with E-state index >= 15 is 0 Å². The van der Waals surface area contributed by atoms with E-state index in [-0.39, 0.29) is 0 Å². The van der Waals surface area contributed by atoms with Crippen LogP contribution in [0.2, 0.25) is 0 Å². The fraction of sp³-hybridized carbons (Fsp3) is 0.222. The Kier molecular flexibility index (Phi) is 5.24. The first-order valence-corrected chi connectivity index (χ1v) is 8.59. The molecule has 1 unspecified atom stereocenters. The number of carbonyl (C=O) groups excluding carboxylic acids is 1. The molecule has 3 aromatic rings. The van der Waals surface area contributed by atoms with E-state index in [1.54, 1.807) is 18.2 Å². The fourth-order valence-corrected chi connectivity index (χ4v) is 3.23. The maximum Gasteiger partial charge on any atom is 0.411 e. The Morgan fingerprint density at radius 1 is 1.23 bits per heavy atom. The van der Waals surface area contributed by atoms with Gasteiger partial charge >= 0.3 is 6.18 Å². The first-order valence-electron chi connectivity index (χ1n) is 7.77. The number of hydrogen-bond acceptors (Lipinski definition) is 4. The van der Waals surface area contributed by atoms with Crippen LogP contribution in [0, 0.1) is 0 Å². The molecule has 8 heteroatoms. The number of rotatable bonds is 5. The number of amides is 1. The smallest absolute Gasteiger partial charge is 0.359 e. The number of fused-ring (bicyclic) bond motifs is 1. The average molecular weight is 380 g/mol. The molecule has 0 aliphatic rings. The van der Waals surface area contributed by atoms with Crippen molar-refractivity contribution in [1.29, 1.82) is 0 Å².